The lowest BCUT2D eigenvalue weighted by atomic mass is 9.97. The van der Waals surface area contributed by atoms with Crippen LogP contribution in [-0.2, 0) is 21.2 Å². The van der Waals surface area contributed by atoms with Crippen molar-refractivity contribution < 1.29 is 17.6 Å². The number of carbonyl (C=O) groups excluding carboxylic acids is 1. The van der Waals surface area contributed by atoms with Gasteiger partial charge in [0.05, 0.1) is 10.8 Å². The van der Waals surface area contributed by atoms with E-state index in [0.717, 1.165) is 28.2 Å². The summed E-state index contributed by atoms with van der Waals surface area (Å²) in [5, 5.41) is 0. The highest BCUT2D eigenvalue weighted by Gasteiger charge is 2.33. The Morgan fingerprint density at radius 2 is 1.82 bits per heavy atom. The first-order chi connectivity index (χ1) is 13.4. The predicted molar refractivity (Wildman–Crippen MR) is 106 cm³/mol. The number of nitrogens with one attached hydrogen (secondary N) is 1. The van der Waals surface area contributed by atoms with Crippen molar-refractivity contribution >= 4 is 15.9 Å². The minimum atomic E-state index is -3.91. The Balaban J connectivity index is 1.63. The molecule has 0 saturated heterocycles. The van der Waals surface area contributed by atoms with Crippen molar-refractivity contribution in [1.29, 1.82) is 0 Å². The largest absolute Gasteiger partial charge is 0.461 e. The summed E-state index contributed by atoms with van der Waals surface area (Å²) in [7, 11) is -3.91. The first-order valence-corrected chi connectivity index (χ1v) is 10.7. The molecule has 144 valence electrons. The van der Waals surface area contributed by atoms with Gasteiger partial charge in [0.2, 0.25) is 5.91 Å². The van der Waals surface area contributed by atoms with E-state index in [9.17, 15) is 13.2 Å². The van der Waals surface area contributed by atoms with E-state index >= 15 is 0 Å². The maximum Gasteiger partial charge on any atom is 0.264 e. The summed E-state index contributed by atoms with van der Waals surface area (Å²) in [5.74, 6) is 0.603. The molecule has 0 spiro atoms. The van der Waals surface area contributed by atoms with E-state index in [4.69, 9.17) is 4.42 Å². The quantitative estimate of drug-likeness (QED) is 0.722. The van der Waals surface area contributed by atoms with Gasteiger partial charge in [-0.15, -0.1) is 0 Å². The number of benzene rings is 2. The molecule has 6 heteroatoms. The molecule has 1 N–H and O–H groups in total. The molecular weight excluding hydrogens is 374 g/mol. The van der Waals surface area contributed by atoms with Crippen LogP contribution in [0.4, 0.5) is 0 Å². The Morgan fingerprint density at radius 3 is 2.54 bits per heavy atom. The van der Waals surface area contributed by atoms with E-state index in [-0.39, 0.29) is 4.90 Å². The second-order valence-corrected chi connectivity index (χ2v) is 8.76. The van der Waals surface area contributed by atoms with Crippen LogP contribution in [0.3, 0.4) is 0 Å². The highest BCUT2D eigenvalue weighted by molar-refractivity contribution is 7.90. The van der Waals surface area contributed by atoms with Crippen LogP contribution in [0.2, 0.25) is 0 Å². The van der Waals surface area contributed by atoms with Gasteiger partial charge < -0.3 is 4.42 Å². The lowest BCUT2D eigenvalue weighted by molar-refractivity contribution is -0.120. The highest BCUT2D eigenvalue weighted by Crippen LogP contribution is 2.39. The molecule has 28 heavy (non-hydrogen) atoms. The number of aryl methyl sites for hydroxylation is 2. The third-order valence-corrected chi connectivity index (χ3v) is 6.72. The molecular formula is C22H21NO4S. The summed E-state index contributed by atoms with van der Waals surface area (Å²) < 4.78 is 33.4. The number of amides is 1. The summed E-state index contributed by atoms with van der Waals surface area (Å²) >= 11 is 0. The molecule has 0 radical (unpaired) electrons. The highest BCUT2D eigenvalue weighted by atomic mass is 32.2. The smallest absolute Gasteiger partial charge is 0.264 e. The number of hydrogen-bond donors (Lipinski definition) is 1. The van der Waals surface area contributed by atoms with E-state index < -0.39 is 21.8 Å². The zero-order chi connectivity index (χ0) is 19.9. The summed E-state index contributed by atoms with van der Waals surface area (Å²) in [6, 6.07) is 16.2. The third kappa shape index (κ3) is 3.24. The zero-order valence-electron chi connectivity index (χ0n) is 15.7. The lowest BCUT2D eigenvalue weighted by Gasteiger charge is -2.14. The molecule has 0 saturated carbocycles. The fourth-order valence-electron chi connectivity index (χ4n) is 3.85. The Hall–Kier alpha value is -2.86. The number of furan rings is 1. The lowest BCUT2D eigenvalue weighted by Crippen LogP contribution is -2.34. The van der Waals surface area contributed by atoms with Crippen molar-refractivity contribution in [2.24, 2.45) is 0 Å². The molecule has 0 bridgehead atoms. The second-order valence-electron chi connectivity index (χ2n) is 7.11. The molecule has 3 aromatic rings. The fourth-order valence-corrected chi connectivity index (χ4v) is 5.12. The minimum Gasteiger partial charge on any atom is -0.461 e. The van der Waals surface area contributed by atoms with Crippen molar-refractivity contribution in [1.82, 2.24) is 4.72 Å². The number of fused-ring (bicyclic) bond motifs is 1. The molecule has 1 aromatic heterocycles. The van der Waals surface area contributed by atoms with Gasteiger partial charge in [-0.25, -0.2) is 13.1 Å². The molecule has 1 aliphatic carbocycles. The average Bonchev–Trinajstić information content (AvgIpc) is 3.27. The molecule has 1 amide bonds. The molecule has 1 heterocycles. The monoisotopic (exact) mass is 395 g/mol. The van der Waals surface area contributed by atoms with E-state index in [0.29, 0.717) is 18.4 Å². The Labute approximate surface area is 164 Å². The Morgan fingerprint density at radius 1 is 1.04 bits per heavy atom. The van der Waals surface area contributed by atoms with Crippen molar-refractivity contribution in [2.75, 3.05) is 0 Å². The Kier molecular flexibility index (Phi) is 4.59. The summed E-state index contributed by atoms with van der Waals surface area (Å²) in [5.41, 5.74) is 3.47. The van der Waals surface area contributed by atoms with Gasteiger partial charge in [-0.3, -0.25) is 4.79 Å². The molecule has 1 atom stereocenters. The first kappa shape index (κ1) is 18.5. The van der Waals surface area contributed by atoms with Gasteiger partial charge in [-0.05, 0) is 61.6 Å². The van der Waals surface area contributed by atoms with Crippen LogP contribution in [-0.4, -0.2) is 14.3 Å². The van der Waals surface area contributed by atoms with Gasteiger partial charge in [0, 0.05) is 5.56 Å². The van der Waals surface area contributed by atoms with Crippen LogP contribution in [0, 0.1) is 13.8 Å². The van der Waals surface area contributed by atoms with Crippen molar-refractivity contribution in [3.63, 3.8) is 0 Å². The summed E-state index contributed by atoms with van der Waals surface area (Å²) in [6.07, 6.45) is 1.27. The Bertz CT molecular complexity index is 1160. The average molecular weight is 395 g/mol. The number of carbonyl (C=O) groups is 1. The van der Waals surface area contributed by atoms with Gasteiger partial charge >= 0.3 is 0 Å². The number of hydrogen-bond acceptors (Lipinski definition) is 4. The topological polar surface area (TPSA) is 76.4 Å². The van der Waals surface area contributed by atoms with Gasteiger partial charge in [-0.1, -0.05) is 36.4 Å². The van der Waals surface area contributed by atoms with Crippen LogP contribution >= 0.6 is 0 Å². The summed E-state index contributed by atoms with van der Waals surface area (Å²) in [4.78, 5) is 13.0. The van der Waals surface area contributed by atoms with Gasteiger partial charge in [-0.2, -0.15) is 0 Å². The van der Waals surface area contributed by atoms with E-state index in [2.05, 4.69) is 4.72 Å². The second kappa shape index (κ2) is 6.95. The van der Waals surface area contributed by atoms with Crippen LogP contribution < -0.4 is 4.72 Å². The molecule has 5 nitrogen and oxygen atoms in total. The standard InChI is InChI=1S/C22H21NO4S/c1-14-6-3-4-9-21(14)28(25,26)23-22(24)19-12-11-17-16(19)7-5-8-18(17)20-13-10-15(2)27-20/h3-10,13,19H,11-12H2,1-2H3,(H,23,24). The first-order valence-electron chi connectivity index (χ1n) is 9.18. The molecule has 1 aliphatic rings. The van der Waals surface area contributed by atoms with Crippen molar-refractivity contribution in [3.05, 3.63) is 77.0 Å². The van der Waals surface area contributed by atoms with Gasteiger partial charge in [0.15, 0.2) is 0 Å². The maximum absolute atomic E-state index is 12.8. The predicted octanol–water partition coefficient (Wildman–Crippen LogP) is 4.10. The maximum atomic E-state index is 12.8. The fraction of sp³-hybridized carbons (Fsp3) is 0.227. The number of rotatable bonds is 4. The van der Waals surface area contributed by atoms with Gasteiger partial charge in [0.1, 0.15) is 11.5 Å². The minimum absolute atomic E-state index is 0.126. The van der Waals surface area contributed by atoms with E-state index in [1.54, 1.807) is 25.1 Å². The molecule has 1 unspecified atom stereocenters. The molecule has 2 aromatic carbocycles. The molecule has 0 aliphatic heterocycles. The molecule has 4 rings (SSSR count). The van der Waals surface area contributed by atoms with E-state index in [1.165, 1.54) is 6.07 Å². The van der Waals surface area contributed by atoms with Crippen molar-refractivity contribution in [2.45, 2.75) is 37.5 Å². The molecule has 0 fully saturated rings. The third-order valence-electron chi connectivity index (χ3n) is 5.21. The van der Waals surface area contributed by atoms with Crippen LogP contribution in [0.15, 0.2) is 63.9 Å². The van der Waals surface area contributed by atoms with Crippen LogP contribution in [0.25, 0.3) is 11.3 Å². The van der Waals surface area contributed by atoms with Crippen LogP contribution in [0.5, 0.6) is 0 Å². The van der Waals surface area contributed by atoms with Crippen molar-refractivity contribution in [3.8, 4) is 11.3 Å². The summed E-state index contributed by atoms with van der Waals surface area (Å²) in [6.45, 7) is 3.60. The SMILES string of the molecule is Cc1ccc(-c2cccc3c2CCC3C(=O)NS(=O)(=O)c2ccccc2C)o1. The van der Waals surface area contributed by atoms with Crippen LogP contribution in [0.1, 0.15) is 34.8 Å². The normalized spacial score (nSPS) is 16.0. The van der Waals surface area contributed by atoms with E-state index in [1.807, 2.05) is 37.3 Å². The zero-order valence-corrected chi connectivity index (χ0v) is 16.5. The van der Waals surface area contributed by atoms with Gasteiger partial charge in [0.25, 0.3) is 10.0 Å². The number of sulfonamides is 1.